The van der Waals surface area contributed by atoms with Crippen molar-refractivity contribution in [2.75, 3.05) is 11.9 Å². The molecule has 5 nitrogen and oxygen atoms in total. The highest BCUT2D eigenvalue weighted by Crippen LogP contribution is 2.38. The SMILES string of the molecule is CC(=O)N(C)c1nc(CSc2ncnc3cc(-c4ccc(F)cc4)sc23)cs1. The molecule has 0 aliphatic carbocycles. The lowest BCUT2D eigenvalue weighted by Gasteiger charge is -2.09. The van der Waals surface area contributed by atoms with E-state index in [1.165, 1.54) is 35.3 Å². The second-order valence-electron chi connectivity index (χ2n) is 6.00. The molecule has 0 bridgehead atoms. The Bertz CT molecular complexity index is 1140. The number of hydrogen-bond donors (Lipinski definition) is 0. The van der Waals surface area contributed by atoms with E-state index in [1.54, 1.807) is 48.6 Å². The van der Waals surface area contributed by atoms with E-state index in [0.717, 1.165) is 31.4 Å². The fraction of sp³-hybridized carbons (Fsp3) is 0.158. The average molecular weight is 431 g/mol. The first-order chi connectivity index (χ1) is 13.5. The lowest BCUT2D eigenvalue weighted by molar-refractivity contribution is -0.116. The molecule has 0 N–H and O–H groups in total. The highest BCUT2D eigenvalue weighted by Gasteiger charge is 2.14. The number of nitrogens with zero attached hydrogens (tertiary/aromatic N) is 4. The first-order valence-electron chi connectivity index (χ1n) is 8.33. The zero-order chi connectivity index (χ0) is 19.7. The quantitative estimate of drug-likeness (QED) is 0.321. The Morgan fingerprint density at radius 2 is 2.04 bits per heavy atom. The van der Waals surface area contributed by atoms with Crippen LogP contribution in [0.1, 0.15) is 12.6 Å². The van der Waals surface area contributed by atoms with Crippen molar-refractivity contribution in [2.45, 2.75) is 17.7 Å². The molecule has 0 fully saturated rings. The topological polar surface area (TPSA) is 59.0 Å². The van der Waals surface area contributed by atoms with Crippen LogP contribution in [0.3, 0.4) is 0 Å². The van der Waals surface area contributed by atoms with Crippen LogP contribution in [0.25, 0.3) is 20.7 Å². The smallest absolute Gasteiger partial charge is 0.225 e. The maximum atomic E-state index is 13.2. The lowest BCUT2D eigenvalue weighted by atomic mass is 10.2. The number of rotatable bonds is 5. The van der Waals surface area contributed by atoms with Gasteiger partial charge in [0, 0.05) is 30.0 Å². The van der Waals surface area contributed by atoms with E-state index >= 15 is 0 Å². The first kappa shape index (κ1) is 19.0. The summed E-state index contributed by atoms with van der Waals surface area (Å²) in [7, 11) is 1.72. The summed E-state index contributed by atoms with van der Waals surface area (Å²) in [4.78, 5) is 27.3. The largest absolute Gasteiger partial charge is 0.292 e. The van der Waals surface area contributed by atoms with Gasteiger partial charge in [-0.3, -0.25) is 9.69 Å². The normalized spacial score (nSPS) is 11.1. The van der Waals surface area contributed by atoms with Gasteiger partial charge >= 0.3 is 0 Å². The number of amides is 1. The Labute approximate surface area is 173 Å². The highest BCUT2D eigenvalue weighted by atomic mass is 32.2. The minimum atomic E-state index is -0.251. The molecule has 1 amide bonds. The number of fused-ring (bicyclic) bond motifs is 1. The van der Waals surface area contributed by atoms with Crippen molar-refractivity contribution in [3.8, 4) is 10.4 Å². The maximum Gasteiger partial charge on any atom is 0.225 e. The summed E-state index contributed by atoms with van der Waals surface area (Å²) in [5, 5.41) is 3.53. The fourth-order valence-electron chi connectivity index (χ4n) is 2.49. The van der Waals surface area contributed by atoms with Crippen molar-refractivity contribution in [3.05, 3.63) is 53.6 Å². The number of thiazole rings is 1. The number of hydrogen-bond acceptors (Lipinski definition) is 7. The van der Waals surface area contributed by atoms with Crippen LogP contribution in [0, 0.1) is 5.82 Å². The zero-order valence-corrected chi connectivity index (χ0v) is 17.5. The molecular formula is C19H15FN4OS3. The Kier molecular flexibility index (Phi) is 5.38. The Balaban J connectivity index is 1.56. The molecule has 0 spiro atoms. The van der Waals surface area contributed by atoms with Gasteiger partial charge in [-0.2, -0.15) is 0 Å². The molecule has 0 aliphatic rings. The van der Waals surface area contributed by atoms with Gasteiger partial charge in [0.25, 0.3) is 0 Å². The Morgan fingerprint density at radius 3 is 2.79 bits per heavy atom. The number of carbonyl (C=O) groups is 1. The summed E-state index contributed by atoms with van der Waals surface area (Å²) in [6, 6.07) is 8.45. The third kappa shape index (κ3) is 3.91. The highest BCUT2D eigenvalue weighted by molar-refractivity contribution is 7.98. The predicted octanol–water partition coefficient (Wildman–Crippen LogP) is 5.23. The fourth-order valence-corrected chi connectivity index (χ4v) is 5.52. The first-order valence-corrected chi connectivity index (χ1v) is 11.0. The van der Waals surface area contributed by atoms with Gasteiger partial charge < -0.3 is 0 Å². The average Bonchev–Trinajstić information content (AvgIpc) is 3.33. The lowest BCUT2D eigenvalue weighted by Crippen LogP contribution is -2.22. The number of thioether (sulfide) groups is 1. The molecule has 4 aromatic rings. The minimum Gasteiger partial charge on any atom is -0.292 e. The Hall–Kier alpha value is -2.36. The molecule has 142 valence electrons. The number of benzene rings is 1. The van der Waals surface area contributed by atoms with Gasteiger partial charge in [0.05, 0.1) is 15.9 Å². The molecule has 0 atom stereocenters. The number of thiophene rings is 1. The van der Waals surface area contributed by atoms with E-state index in [2.05, 4.69) is 15.0 Å². The number of anilines is 1. The van der Waals surface area contributed by atoms with Crippen LogP contribution < -0.4 is 4.90 Å². The van der Waals surface area contributed by atoms with Crippen LogP contribution >= 0.6 is 34.4 Å². The van der Waals surface area contributed by atoms with E-state index < -0.39 is 0 Å². The van der Waals surface area contributed by atoms with Crippen molar-refractivity contribution in [1.29, 1.82) is 0 Å². The van der Waals surface area contributed by atoms with Crippen LogP contribution in [0.4, 0.5) is 9.52 Å². The van der Waals surface area contributed by atoms with Crippen LogP contribution in [0.2, 0.25) is 0 Å². The second kappa shape index (κ2) is 7.94. The van der Waals surface area contributed by atoms with Crippen LogP contribution in [-0.4, -0.2) is 27.9 Å². The van der Waals surface area contributed by atoms with Gasteiger partial charge in [0.1, 0.15) is 17.2 Å². The summed E-state index contributed by atoms with van der Waals surface area (Å²) < 4.78 is 14.2. The minimum absolute atomic E-state index is 0.0435. The van der Waals surface area contributed by atoms with Crippen LogP contribution in [-0.2, 0) is 10.5 Å². The summed E-state index contributed by atoms with van der Waals surface area (Å²) in [5.41, 5.74) is 2.73. The number of carbonyl (C=O) groups excluding carboxylic acids is 1. The summed E-state index contributed by atoms with van der Waals surface area (Å²) in [6.45, 7) is 1.52. The molecule has 28 heavy (non-hydrogen) atoms. The Morgan fingerprint density at radius 1 is 1.25 bits per heavy atom. The standard InChI is InChI=1S/C19H15FN4OS3/c1-11(25)24(2)19-23-14(9-27-19)8-26-18-17-15(21-10-22-18)7-16(28-17)12-3-5-13(20)6-4-12/h3-7,9-10H,8H2,1-2H3. The van der Waals surface area contributed by atoms with Gasteiger partial charge in [-0.1, -0.05) is 23.9 Å². The third-order valence-electron chi connectivity index (χ3n) is 4.06. The van der Waals surface area contributed by atoms with Crippen molar-refractivity contribution >= 4 is 55.7 Å². The molecule has 0 unspecified atom stereocenters. The summed E-state index contributed by atoms with van der Waals surface area (Å²) in [5.74, 6) is 0.356. The zero-order valence-electron chi connectivity index (χ0n) is 15.0. The third-order valence-corrected chi connectivity index (χ3v) is 7.36. The molecule has 0 radical (unpaired) electrons. The summed E-state index contributed by atoms with van der Waals surface area (Å²) >= 11 is 4.63. The molecule has 1 aromatic carbocycles. The molecule has 4 rings (SSSR count). The molecular weight excluding hydrogens is 415 g/mol. The van der Waals surface area contributed by atoms with Gasteiger partial charge in [-0.25, -0.2) is 19.3 Å². The van der Waals surface area contributed by atoms with Crippen molar-refractivity contribution in [1.82, 2.24) is 15.0 Å². The van der Waals surface area contributed by atoms with E-state index in [1.807, 2.05) is 11.4 Å². The van der Waals surface area contributed by atoms with Gasteiger partial charge in [-0.15, -0.1) is 22.7 Å². The second-order valence-corrected chi connectivity index (χ2v) is 8.85. The molecule has 9 heteroatoms. The molecule has 0 aliphatic heterocycles. The van der Waals surface area contributed by atoms with Crippen molar-refractivity contribution < 1.29 is 9.18 Å². The molecule has 0 saturated heterocycles. The van der Waals surface area contributed by atoms with Gasteiger partial charge in [0.15, 0.2) is 5.13 Å². The van der Waals surface area contributed by atoms with Crippen molar-refractivity contribution in [3.63, 3.8) is 0 Å². The van der Waals surface area contributed by atoms with Gasteiger partial charge in [-0.05, 0) is 23.8 Å². The van der Waals surface area contributed by atoms with Gasteiger partial charge in [0.2, 0.25) is 5.91 Å². The van der Waals surface area contributed by atoms with Crippen LogP contribution in [0.5, 0.6) is 0 Å². The predicted molar refractivity (Wildman–Crippen MR) is 114 cm³/mol. The monoisotopic (exact) mass is 430 g/mol. The maximum absolute atomic E-state index is 13.2. The van der Waals surface area contributed by atoms with E-state index in [0.29, 0.717) is 10.9 Å². The summed E-state index contributed by atoms with van der Waals surface area (Å²) in [6.07, 6.45) is 1.56. The van der Waals surface area contributed by atoms with Crippen LogP contribution in [0.15, 0.2) is 47.1 Å². The molecule has 3 heterocycles. The molecule has 0 saturated carbocycles. The number of halogens is 1. The van der Waals surface area contributed by atoms with E-state index in [4.69, 9.17) is 0 Å². The molecule has 3 aromatic heterocycles. The van der Waals surface area contributed by atoms with E-state index in [-0.39, 0.29) is 11.7 Å². The van der Waals surface area contributed by atoms with Crippen molar-refractivity contribution in [2.24, 2.45) is 0 Å². The van der Waals surface area contributed by atoms with E-state index in [9.17, 15) is 9.18 Å². The number of aromatic nitrogens is 3.